The number of aromatic nitrogens is 3. The molecule has 2 aromatic rings. The van der Waals surface area contributed by atoms with E-state index in [0.29, 0.717) is 0 Å². The normalized spacial score (nSPS) is 14.5. The fraction of sp³-hybridized carbons (Fsp3) is 0.429. The van der Waals surface area contributed by atoms with Gasteiger partial charge in [-0.15, -0.1) is 0 Å². The second kappa shape index (κ2) is 4.90. The summed E-state index contributed by atoms with van der Waals surface area (Å²) in [7, 11) is 0. The molecular formula is C14H18N4. The molecule has 1 aliphatic rings. The van der Waals surface area contributed by atoms with Gasteiger partial charge >= 0.3 is 0 Å². The van der Waals surface area contributed by atoms with E-state index in [1.165, 1.54) is 11.3 Å². The Bertz CT molecular complexity index is 527. The molecule has 4 heteroatoms. The predicted molar refractivity (Wildman–Crippen MR) is 70.4 cm³/mol. The SMILES string of the molecule is CCc1ccc(Cc2cnc3n2CCNC3)nc1. The molecule has 0 saturated heterocycles. The molecule has 0 fully saturated rings. The van der Waals surface area contributed by atoms with Crippen LogP contribution in [-0.4, -0.2) is 21.1 Å². The van der Waals surface area contributed by atoms with Crippen molar-refractivity contribution in [3.8, 4) is 0 Å². The van der Waals surface area contributed by atoms with Crippen molar-refractivity contribution in [2.24, 2.45) is 0 Å². The number of nitrogens with one attached hydrogen (secondary N) is 1. The van der Waals surface area contributed by atoms with E-state index in [0.717, 1.165) is 44.0 Å². The van der Waals surface area contributed by atoms with Crippen molar-refractivity contribution in [1.29, 1.82) is 0 Å². The maximum atomic E-state index is 4.52. The topological polar surface area (TPSA) is 42.7 Å². The summed E-state index contributed by atoms with van der Waals surface area (Å²) in [4.78, 5) is 8.98. The van der Waals surface area contributed by atoms with Gasteiger partial charge < -0.3 is 9.88 Å². The number of fused-ring (bicyclic) bond motifs is 1. The van der Waals surface area contributed by atoms with E-state index < -0.39 is 0 Å². The zero-order chi connectivity index (χ0) is 12.4. The average molecular weight is 242 g/mol. The van der Waals surface area contributed by atoms with Crippen molar-refractivity contribution in [1.82, 2.24) is 19.9 Å². The van der Waals surface area contributed by atoms with Crippen molar-refractivity contribution >= 4 is 0 Å². The highest BCUT2D eigenvalue weighted by Gasteiger charge is 2.13. The Balaban J connectivity index is 1.81. The second-order valence-electron chi connectivity index (χ2n) is 4.68. The van der Waals surface area contributed by atoms with E-state index in [2.05, 4.69) is 38.9 Å². The fourth-order valence-corrected chi connectivity index (χ4v) is 2.35. The van der Waals surface area contributed by atoms with Gasteiger partial charge in [-0.3, -0.25) is 4.98 Å². The third-order valence-electron chi connectivity index (χ3n) is 3.47. The van der Waals surface area contributed by atoms with E-state index in [1.54, 1.807) is 0 Å². The lowest BCUT2D eigenvalue weighted by molar-refractivity contribution is 0.495. The lowest BCUT2D eigenvalue weighted by Crippen LogP contribution is -2.29. The van der Waals surface area contributed by atoms with Gasteiger partial charge in [0.2, 0.25) is 0 Å². The van der Waals surface area contributed by atoms with Gasteiger partial charge in [0, 0.05) is 43.3 Å². The van der Waals surface area contributed by atoms with Crippen LogP contribution in [-0.2, 0) is 25.9 Å². The summed E-state index contributed by atoms with van der Waals surface area (Å²) in [5.74, 6) is 1.14. The van der Waals surface area contributed by atoms with E-state index >= 15 is 0 Å². The van der Waals surface area contributed by atoms with Crippen LogP contribution in [0.25, 0.3) is 0 Å². The number of imidazole rings is 1. The third kappa shape index (κ3) is 2.16. The van der Waals surface area contributed by atoms with Gasteiger partial charge in [-0.25, -0.2) is 4.98 Å². The first-order valence-corrected chi connectivity index (χ1v) is 6.54. The Labute approximate surface area is 107 Å². The van der Waals surface area contributed by atoms with Crippen LogP contribution in [0.1, 0.15) is 29.7 Å². The van der Waals surface area contributed by atoms with Gasteiger partial charge in [0.15, 0.2) is 0 Å². The first kappa shape index (κ1) is 11.4. The minimum Gasteiger partial charge on any atom is -0.329 e. The molecule has 3 heterocycles. The minimum absolute atomic E-state index is 0.872. The molecule has 0 saturated carbocycles. The van der Waals surface area contributed by atoms with Gasteiger partial charge in [-0.05, 0) is 18.1 Å². The van der Waals surface area contributed by atoms with E-state index in [-0.39, 0.29) is 0 Å². The molecule has 0 radical (unpaired) electrons. The van der Waals surface area contributed by atoms with Crippen LogP contribution in [0.4, 0.5) is 0 Å². The molecule has 2 aromatic heterocycles. The molecular weight excluding hydrogens is 224 g/mol. The first-order valence-electron chi connectivity index (χ1n) is 6.54. The quantitative estimate of drug-likeness (QED) is 0.887. The van der Waals surface area contributed by atoms with Crippen LogP contribution in [0.2, 0.25) is 0 Å². The highest BCUT2D eigenvalue weighted by atomic mass is 15.2. The zero-order valence-corrected chi connectivity index (χ0v) is 10.7. The Hall–Kier alpha value is -1.68. The molecule has 1 N–H and O–H groups in total. The van der Waals surface area contributed by atoms with Crippen LogP contribution < -0.4 is 5.32 Å². The summed E-state index contributed by atoms with van der Waals surface area (Å²) in [6.45, 7) is 5.06. The number of pyridine rings is 1. The number of hydrogen-bond acceptors (Lipinski definition) is 3. The molecule has 0 aliphatic carbocycles. The molecule has 0 spiro atoms. The molecule has 0 unspecified atom stereocenters. The van der Waals surface area contributed by atoms with E-state index in [9.17, 15) is 0 Å². The Kier molecular flexibility index (Phi) is 3.11. The van der Waals surface area contributed by atoms with Crippen LogP contribution in [0.15, 0.2) is 24.5 Å². The highest BCUT2D eigenvalue weighted by molar-refractivity contribution is 5.19. The molecule has 0 amide bonds. The molecule has 94 valence electrons. The predicted octanol–water partition coefficient (Wildman–Crippen LogP) is 1.53. The Morgan fingerprint density at radius 3 is 3.00 bits per heavy atom. The summed E-state index contributed by atoms with van der Waals surface area (Å²) in [5, 5.41) is 3.33. The number of rotatable bonds is 3. The standard InChI is InChI=1S/C14H18N4/c1-2-11-3-4-12(16-8-11)7-13-9-17-14-10-15-5-6-18(13)14/h3-4,8-9,15H,2,5-7,10H2,1H3. The number of nitrogens with zero attached hydrogens (tertiary/aromatic N) is 3. The van der Waals surface area contributed by atoms with E-state index in [4.69, 9.17) is 0 Å². The van der Waals surface area contributed by atoms with Crippen LogP contribution >= 0.6 is 0 Å². The maximum Gasteiger partial charge on any atom is 0.122 e. The van der Waals surface area contributed by atoms with Crippen molar-refractivity contribution in [3.63, 3.8) is 0 Å². The third-order valence-corrected chi connectivity index (χ3v) is 3.47. The van der Waals surface area contributed by atoms with Crippen LogP contribution in [0, 0.1) is 0 Å². The van der Waals surface area contributed by atoms with Gasteiger partial charge in [0.05, 0.1) is 6.54 Å². The van der Waals surface area contributed by atoms with Crippen LogP contribution in [0.3, 0.4) is 0 Å². The molecule has 0 aromatic carbocycles. The molecule has 0 bridgehead atoms. The van der Waals surface area contributed by atoms with Crippen molar-refractivity contribution in [2.75, 3.05) is 6.54 Å². The lowest BCUT2D eigenvalue weighted by atomic mass is 10.1. The number of hydrogen-bond donors (Lipinski definition) is 1. The smallest absolute Gasteiger partial charge is 0.122 e. The summed E-state index contributed by atoms with van der Waals surface area (Å²) >= 11 is 0. The largest absolute Gasteiger partial charge is 0.329 e. The molecule has 3 rings (SSSR count). The average Bonchev–Trinajstić information content (AvgIpc) is 2.83. The summed E-state index contributed by atoms with van der Waals surface area (Å²) < 4.78 is 2.31. The van der Waals surface area contributed by atoms with Gasteiger partial charge in [-0.2, -0.15) is 0 Å². The minimum atomic E-state index is 0.872. The van der Waals surface area contributed by atoms with E-state index in [1.807, 2.05) is 12.4 Å². The molecule has 4 nitrogen and oxygen atoms in total. The Morgan fingerprint density at radius 2 is 2.22 bits per heavy atom. The lowest BCUT2D eigenvalue weighted by Gasteiger charge is -2.17. The van der Waals surface area contributed by atoms with Crippen LogP contribution in [0.5, 0.6) is 0 Å². The summed E-state index contributed by atoms with van der Waals surface area (Å²) in [5.41, 5.74) is 3.68. The monoisotopic (exact) mass is 242 g/mol. The summed E-state index contributed by atoms with van der Waals surface area (Å²) in [6, 6.07) is 4.29. The fourth-order valence-electron chi connectivity index (χ4n) is 2.35. The molecule has 1 aliphatic heterocycles. The maximum absolute atomic E-state index is 4.52. The van der Waals surface area contributed by atoms with Crippen molar-refractivity contribution in [3.05, 3.63) is 47.3 Å². The summed E-state index contributed by atoms with van der Waals surface area (Å²) in [6.07, 6.45) is 5.88. The van der Waals surface area contributed by atoms with Gasteiger partial charge in [-0.1, -0.05) is 13.0 Å². The highest BCUT2D eigenvalue weighted by Crippen LogP contribution is 2.13. The number of aryl methyl sites for hydroxylation is 1. The molecule has 18 heavy (non-hydrogen) atoms. The zero-order valence-electron chi connectivity index (χ0n) is 10.7. The second-order valence-corrected chi connectivity index (χ2v) is 4.68. The van der Waals surface area contributed by atoms with Gasteiger partial charge in [0.25, 0.3) is 0 Å². The Morgan fingerprint density at radius 1 is 1.28 bits per heavy atom. The van der Waals surface area contributed by atoms with Crippen molar-refractivity contribution in [2.45, 2.75) is 32.9 Å². The molecule has 0 atom stereocenters. The van der Waals surface area contributed by atoms with Gasteiger partial charge in [0.1, 0.15) is 5.82 Å². The first-order chi connectivity index (χ1) is 8.86. The van der Waals surface area contributed by atoms with Crippen molar-refractivity contribution < 1.29 is 0 Å².